The Kier molecular flexibility index (Phi) is 8.94. The van der Waals surface area contributed by atoms with Crippen molar-refractivity contribution in [3.8, 4) is 23.0 Å². The number of benzene rings is 4. The Morgan fingerprint density at radius 2 is 1.23 bits per heavy atom. The molecule has 40 heavy (non-hydrogen) atoms. The summed E-state index contributed by atoms with van der Waals surface area (Å²) in [6.45, 7) is 3.39. The van der Waals surface area contributed by atoms with Gasteiger partial charge >= 0.3 is 5.97 Å². The van der Waals surface area contributed by atoms with E-state index in [1.54, 1.807) is 66.7 Å². The third kappa shape index (κ3) is 6.93. The Labute approximate surface area is 230 Å². The molecule has 202 valence electrons. The van der Waals surface area contributed by atoms with Crippen LogP contribution in [0.1, 0.15) is 38.3 Å². The quantitative estimate of drug-likeness (QED) is 0.106. The van der Waals surface area contributed by atoms with Crippen molar-refractivity contribution in [3.05, 3.63) is 132 Å². The zero-order valence-electron chi connectivity index (χ0n) is 21.4. The molecule has 0 saturated heterocycles. The summed E-state index contributed by atoms with van der Waals surface area (Å²) in [5.41, 5.74) is 1.09. The van der Waals surface area contributed by atoms with Crippen LogP contribution in [0.2, 0.25) is 0 Å². The monoisotopic (exact) mass is 538 g/mol. The molecule has 0 spiro atoms. The van der Waals surface area contributed by atoms with Crippen molar-refractivity contribution in [2.75, 3.05) is 6.61 Å². The van der Waals surface area contributed by atoms with Crippen LogP contribution in [0.5, 0.6) is 23.0 Å². The summed E-state index contributed by atoms with van der Waals surface area (Å²) in [5, 5.41) is 20.8. The van der Waals surface area contributed by atoms with Gasteiger partial charge in [0.2, 0.25) is 6.29 Å². The topological polar surface area (TPSA) is 119 Å². The number of hydrogen-bond acceptors (Lipinski definition) is 8. The highest BCUT2D eigenvalue weighted by Gasteiger charge is 2.19. The van der Waals surface area contributed by atoms with Crippen LogP contribution in [0.3, 0.4) is 0 Å². The first-order chi connectivity index (χ1) is 19.4. The molecule has 0 aliphatic carbocycles. The lowest BCUT2D eigenvalue weighted by Gasteiger charge is -2.19. The number of ether oxygens (including phenoxy) is 3. The second-order valence-electron chi connectivity index (χ2n) is 8.57. The number of esters is 1. The summed E-state index contributed by atoms with van der Waals surface area (Å²) in [4.78, 5) is 37.2. The van der Waals surface area contributed by atoms with Crippen molar-refractivity contribution < 1.29 is 38.8 Å². The highest BCUT2D eigenvalue weighted by Crippen LogP contribution is 2.28. The van der Waals surface area contributed by atoms with Gasteiger partial charge in [-0.15, -0.1) is 0 Å². The van der Waals surface area contributed by atoms with Crippen molar-refractivity contribution in [1.82, 2.24) is 0 Å². The molecule has 1 atom stereocenters. The first-order valence-corrected chi connectivity index (χ1v) is 12.3. The number of ketones is 2. The smallest absolute Gasteiger partial charge is 0.333 e. The van der Waals surface area contributed by atoms with E-state index in [4.69, 9.17) is 14.2 Å². The lowest BCUT2D eigenvalue weighted by Crippen LogP contribution is -2.25. The molecule has 8 heteroatoms. The van der Waals surface area contributed by atoms with Crippen LogP contribution in [0.15, 0.2) is 110 Å². The van der Waals surface area contributed by atoms with E-state index in [0.717, 1.165) is 6.08 Å². The van der Waals surface area contributed by atoms with Gasteiger partial charge in [0.25, 0.3) is 0 Å². The molecule has 0 amide bonds. The maximum Gasteiger partial charge on any atom is 0.333 e. The molecule has 0 bridgehead atoms. The summed E-state index contributed by atoms with van der Waals surface area (Å²) in [5.74, 6) is -1.49. The van der Waals surface area contributed by atoms with Crippen molar-refractivity contribution in [2.24, 2.45) is 0 Å². The van der Waals surface area contributed by atoms with Crippen LogP contribution in [0.25, 0.3) is 0 Å². The third-order valence-electron chi connectivity index (χ3n) is 5.80. The Hall–Kier alpha value is -5.37. The van der Waals surface area contributed by atoms with Gasteiger partial charge in [0.1, 0.15) is 23.0 Å². The molecule has 0 heterocycles. The minimum atomic E-state index is -1.12. The minimum Gasteiger partial charge on any atom is -0.507 e. The van der Waals surface area contributed by atoms with Gasteiger partial charge in [0.15, 0.2) is 11.6 Å². The SMILES string of the molecule is C=CC(=O)OC(CCOc1ccc(C(=O)c2ccccc2)c(O)c1)Oc1ccc(C(=O)c2ccccc2)c(O)c1. The van der Waals surface area contributed by atoms with Crippen molar-refractivity contribution in [1.29, 1.82) is 0 Å². The molecule has 4 rings (SSSR count). The normalized spacial score (nSPS) is 11.2. The molecule has 0 aromatic heterocycles. The highest BCUT2D eigenvalue weighted by atomic mass is 16.7. The van der Waals surface area contributed by atoms with E-state index in [2.05, 4.69) is 6.58 Å². The van der Waals surface area contributed by atoms with Gasteiger partial charge in [0.05, 0.1) is 24.2 Å². The zero-order valence-corrected chi connectivity index (χ0v) is 21.4. The molecule has 4 aromatic carbocycles. The average Bonchev–Trinajstić information content (AvgIpc) is 2.97. The Morgan fingerprint density at radius 1 is 0.725 bits per heavy atom. The van der Waals surface area contributed by atoms with Gasteiger partial charge in [-0.2, -0.15) is 0 Å². The minimum absolute atomic E-state index is 0.0110. The lowest BCUT2D eigenvalue weighted by atomic mass is 10.0. The van der Waals surface area contributed by atoms with Gasteiger partial charge in [-0.3, -0.25) is 9.59 Å². The van der Waals surface area contributed by atoms with E-state index in [9.17, 15) is 24.6 Å². The number of hydrogen-bond donors (Lipinski definition) is 2. The Balaban J connectivity index is 1.40. The van der Waals surface area contributed by atoms with E-state index in [0.29, 0.717) is 11.1 Å². The molecule has 0 fully saturated rings. The summed E-state index contributed by atoms with van der Waals surface area (Å²) >= 11 is 0. The number of rotatable bonds is 12. The standard InChI is InChI=1S/C32H26O8/c1-2-29(35)40-30(39-24-14-16-26(28(34)20-24)32(37)22-11-7-4-8-12-22)17-18-38-23-13-15-25(27(33)19-23)31(36)21-9-5-3-6-10-21/h2-16,19-20,30,33-34H,1,17-18H2. The lowest BCUT2D eigenvalue weighted by molar-refractivity contribution is -0.158. The molecule has 0 radical (unpaired) electrons. The van der Waals surface area contributed by atoms with Crippen molar-refractivity contribution in [2.45, 2.75) is 12.7 Å². The summed E-state index contributed by atoms with van der Waals surface area (Å²) in [6.07, 6.45) is -0.0686. The first kappa shape index (κ1) is 27.7. The number of aromatic hydroxyl groups is 2. The molecule has 8 nitrogen and oxygen atoms in total. The van der Waals surface area contributed by atoms with Gasteiger partial charge in [0, 0.05) is 29.3 Å². The second kappa shape index (κ2) is 12.9. The number of phenolic OH excluding ortho intramolecular Hbond substituents is 2. The highest BCUT2D eigenvalue weighted by molar-refractivity contribution is 6.11. The fraction of sp³-hybridized carbons (Fsp3) is 0.0938. The van der Waals surface area contributed by atoms with Crippen LogP contribution in [-0.2, 0) is 9.53 Å². The predicted octanol–water partition coefficient (Wildman–Crippen LogP) is 5.46. The van der Waals surface area contributed by atoms with Crippen LogP contribution in [-0.4, -0.2) is 40.6 Å². The predicted molar refractivity (Wildman–Crippen MR) is 147 cm³/mol. The average molecular weight is 539 g/mol. The molecule has 0 aliphatic rings. The maximum absolute atomic E-state index is 12.7. The van der Waals surface area contributed by atoms with E-state index in [1.807, 2.05) is 0 Å². The van der Waals surface area contributed by atoms with E-state index in [1.165, 1.54) is 30.3 Å². The van der Waals surface area contributed by atoms with Crippen LogP contribution in [0, 0.1) is 0 Å². The molecule has 2 N–H and O–H groups in total. The third-order valence-corrected chi connectivity index (χ3v) is 5.80. The molecule has 4 aromatic rings. The Morgan fingerprint density at radius 3 is 1.73 bits per heavy atom. The van der Waals surface area contributed by atoms with E-state index >= 15 is 0 Å². The number of phenols is 2. The van der Waals surface area contributed by atoms with E-state index in [-0.39, 0.29) is 58.7 Å². The van der Waals surface area contributed by atoms with Gasteiger partial charge < -0.3 is 24.4 Å². The maximum atomic E-state index is 12.7. The first-order valence-electron chi connectivity index (χ1n) is 12.3. The molecule has 0 aliphatic heterocycles. The van der Waals surface area contributed by atoms with Crippen LogP contribution in [0.4, 0.5) is 0 Å². The fourth-order valence-electron chi connectivity index (χ4n) is 3.80. The van der Waals surface area contributed by atoms with Crippen molar-refractivity contribution >= 4 is 17.5 Å². The van der Waals surface area contributed by atoms with Crippen LogP contribution < -0.4 is 9.47 Å². The molecular formula is C32H26O8. The van der Waals surface area contributed by atoms with Gasteiger partial charge in [-0.05, 0) is 24.3 Å². The number of carbonyl (C=O) groups excluding carboxylic acids is 3. The van der Waals surface area contributed by atoms with Crippen molar-refractivity contribution in [3.63, 3.8) is 0 Å². The molecule has 0 saturated carbocycles. The Bertz CT molecular complexity index is 1510. The zero-order chi connectivity index (χ0) is 28.5. The molecule has 1 unspecified atom stereocenters. The summed E-state index contributed by atoms with van der Waals surface area (Å²) < 4.78 is 16.7. The van der Waals surface area contributed by atoms with Gasteiger partial charge in [-0.25, -0.2) is 4.79 Å². The van der Waals surface area contributed by atoms with Gasteiger partial charge in [-0.1, -0.05) is 67.2 Å². The van der Waals surface area contributed by atoms with Crippen LogP contribution >= 0.6 is 0 Å². The summed E-state index contributed by atoms with van der Waals surface area (Å²) in [7, 11) is 0. The summed E-state index contributed by atoms with van der Waals surface area (Å²) in [6, 6.07) is 25.6. The molecular weight excluding hydrogens is 512 g/mol. The van der Waals surface area contributed by atoms with E-state index < -0.39 is 12.3 Å². The number of carbonyl (C=O) groups is 3. The largest absolute Gasteiger partial charge is 0.507 e. The second-order valence-corrected chi connectivity index (χ2v) is 8.57. The fourth-order valence-corrected chi connectivity index (χ4v) is 3.80.